The molecule has 1 unspecified atom stereocenters. The summed E-state index contributed by atoms with van der Waals surface area (Å²) in [5, 5.41) is 12.0. The number of likely N-dealkylation sites (tertiary alicyclic amines) is 1. The highest BCUT2D eigenvalue weighted by Crippen LogP contribution is 2.35. The summed E-state index contributed by atoms with van der Waals surface area (Å²) in [5.74, 6) is -0.972. The summed E-state index contributed by atoms with van der Waals surface area (Å²) in [5.41, 5.74) is 4.43. The highest BCUT2D eigenvalue weighted by Gasteiger charge is 2.34. The number of amides is 1. The molecule has 2 fully saturated rings. The van der Waals surface area contributed by atoms with Crippen LogP contribution < -0.4 is 14.5 Å². The smallest absolute Gasteiger partial charge is 0.318 e. The van der Waals surface area contributed by atoms with Gasteiger partial charge in [0, 0.05) is 48.9 Å². The van der Waals surface area contributed by atoms with Crippen molar-refractivity contribution in [2.24, 2.45) is 0 Å². The van der Waals surface area contributed by atoms with E-state index < -0.39 is 17.8 Å². The van der Waals surface area contributed by atoms with E-state index in [0.29, 0.717) is 38.3 Å². The average molecular weight is 598 g/mol. The molecule has 9 nitrogen and oxygen atoms in total. The first-order chi connectivity index (χ1) is 21.3. The number of anilines is 2. The number of rotatable bonds is 7. The molecule has 0 bridgehead atoms. The topological polar surface area (TPSA) is 88.8 Å². The first kappa shape index (κ1) is 29.8. The molecule has 2 saturated heterocycles. The molecule has 3 aliphatic rings. The van der Waals surface area contributed by atoms with Crippen LogP contribution in [0.25, 0.3) is 10.8 Å². The number of fused-ring (bicyclic) bond motifs is 2. The number of ether oxygens (including phenoxy) is 1. The Bertz CT molecular complexity index is 1600. The molecular weight excluding hydrogens is 557 g/mol. The van der Waals surface area contributed by atoms with E-state index in [1.165, 1.54) is 26.9 Å². The lowest BCUT2D eigenvalue weighted by Crippen LogP contribution is -2.55. The minimum Gasteiger partial charge on any atom is -0.462 e. The van der Waals surface area contributed by atoms with Crippen molar-refractivity contribution in [1.82, 2.24) is 19.8 Å². The van der Waals surface area contributed by atoms with Gasteiger partial charge in [0.2, 0.25) is 0 Å². The number of nitriles is 1. The molecule has 3 aromatic rings. The van der Waals surface area contributed by atoms with E-state index in [-0.39, 0.29) is 13.0 Å². The molecule has 4 heterocycles. The standard InChI is InChI=1S/C34H40FN7O2/c1-23-8-4-9-25-10-5-13-30(31(23)25)40-17-7-12-28-29(21-40)37-34(44-22-27-11-6-16-39(27)3)38-32(28)41-18-19-42(33(43)24(2)35)26(20-41)14-15-36/h4-5,8-10,13,26-27H,2,6-7,11-12,14,16-22H2,1,3H3/t26-,27?/m0/s1. The Labute approximate surface area is 258 Å². The molecule has 0 N–H and O–H groups in total. The van der Waals surface area contributed by atoms with E-state index in [4.69, 9.17) is 14.7 Å². The number of piperazine rings is 1. The lowest BCUT2D eigenvalue weighted by molar-refractivity contribution is -0.131. The molecule has 10 heteroatoms. The zero-order chi connectivity index (χ0) is 30.8. The van der Waals surface area contributed by atoms with Crippen molar-refractivity contribution < 1.29 is 13.9 Å². The monoisotopic (exact) mass is 597 g/mol. The maximum absolute atomic E-state index is 13.8. The molecule has 3 aliphatic heterocycles. The van der Waals surface area contributed by atoms with E-state index in [2.05, 4.69) is 77.7 Å². The van der Waals surface area contributed by atoms with E-state index in [0.717, 1.165) is 55.8 Å². The number of aromatic nitrogens is 2. The predicted molar refractivity (Wildman–Crippen MR) is 169 cm³/mol. The van der Waals surface area contributed by atoms with Crippen molar-refractivity contribution in [2.45, 2.75) is 57.7 Å². The summed E-state index contributed by atoms with van der Waals surface area (Å²) in [7, 11) is 2.12. The Hall–Kier alpha value is -4.23. The molecule has 44 heavy (non-hydrogen) atoms. The molecule has 2 atom stereocenters. The lowest BCUT2D eigenvalue weighted by Gasteiger charge is -2.41. The van der Waals surface area contributed by atoms with Gasteiger partial charge in [0.25, 0.3) is 5.91 Å². The highest BCUT2D eigenvalue weighted by atomic mass is 19.1. The quantitative estimate of drug-likeness (QED) is 0.360. The van der Waals surface area contributed by atoms with E-state index in [1.807, 2.05) is 0 Å². The minimum absolute atomic E-state index is 0.0916. The largest absolute Gasteiger partial charge is 0.462 e. The fourth-order valence-electron chi connectivity index (χ4n) is 7.00. The fourth-order valence-corrected chi connectivity index (χ4v) is 7.00. The van der Waals surface area contributed by atoms with Gasteiger partial charge in [-0.25, -0.2) is 4.39 Å². The van der Waals surface area contributed by atoms with Crippen LogP contribution in [0, 0.1) is 18.3 Å². The Balaban J connectivity index is 1.36. The third kappa shape index (κ3) is 5.93. The molecule has 2 aromatic carbocycles. The summed E-state index contributed by atoms with van der Waals surface area (Å²) < 4.78 is 20.2. The molecule has 0 spiro atoms. The Morgan fingerprint density at radius 1 is 1.09 bits per heavy atom. The van der Waals surface area contributed by atoms with Gasteiger partial charge in [0.05, 0.1) is 30.8 Å². The number of hydrogen-bond donors (Lipinski definition) is 0. The van der Waals surface area contributed by atoms with Crippen LogP contribution in [0.5, 0.6) is 6.01 Å². The summed E-state index contributed by atoms with van der Waals surface area (Å²) in [6, 6.07) is 15.2. The van der Waals surface area contributed by atoms with Gasteiger partial charge < -0.3 is 24.3 Å². The number of benzene rings is 2. The van der Waals surface area contributed by atoms with Crippen molar-refractivity contribution in [3.63, 3.8) is 0 Å². The van der Waals surface area contributed by atoms with Crippen molar-refractivity contribution >= 4 is 28.2 Å². The van der Waals surface area contributed by atoms with E-state index in [9.17, 15) is 14.4 Å². The van der Waals surface area contributed by atoms with Crippen molar-refractivity contribution in [3.05, 3.63) is 65.6 Å². The third-order valence-electron chi connectivity index (χ3n) is 9.36. The third-order valence-corrected chi connectivity index (χ3v) is 9.36. The maximum Gasteiger partial charge on any atom is 0.318 e. The average Bonchev–Trinajstić information content (AvgIpc) is 3.31. The number of nitrogens with zero attached hydrogens (tertiary/aromatic N) is 7. The van der Waals surface area contributed by atoms with Crippen LogP contribution in [0.3, 0.4) is 0 Å². The van der Waals surface area contributed by atoms with Crippen LogP contribution in [0.1, 0.15) is 42.5 Å². The lowest BCUT2D eigenvalue weighted by atomic mass is 10.0. The molecule has 1 aromatic heterocycles. The van der Waals surface area contributed by atoms with Crippen LogP contribution in [0.2, 0.25) is 0 Å². The van der Waals surface area contributed by atoms with Gasteiger partial charge in [-0.15, -0.1) is 0 Å². The van der Waals surface area contributed by atoms with Gasteiger partial charge in [-0.05, 0) is 63.2 Å². The molecule has 230 valence electrons. The summed E-state index contributed by atoms with van der Waals surface area (Å²) in [6.45, 7) is 9.50. The van der Waals surface area contributed by atoms with Crippen molar-refractivity contribution in [1.29, 1.82) is 5.26 Å². The SMILES string of the molecule is C=C(F)C(=O)N1CCN(c2nc(OCC3CCCN3C)nc3c2CCCN(c2cccc4cccc(C)c24)C3)C[C@@H]1CC#N. The predicted octanol–water partition coefficient (Wildman–Crippen LogP) is 4.78. The summed E-state index contributed by atoms with van der Waals surface area (Å²) in [6.07, 6.45) is 4.03. The molecule has 0 aliphatic carbocycles. The van der Waals surface area contributed by atoms with Gasteiger partial charge in [0.1, 0.15) is 12.4 Å². The first-order valence-electron chi connectivity index (χ1n) is 15.6. The maximum atomic E-state index is 13.8. The highest BCUT2D eigenvalue weighted by molar-refractivity contribution is 5.97. The fraction of sp³-hybridized carbons (Fsp3) is 0.471. The molecular formula is C34H40FN7O2. The number of halogens is 1. The number of aryl methyl sites for hydroxylation is 1. The Morgan fingerprint density at radius 2 is 1.91 bits per heavy atom. The minimum atomic E-state index is -1.01. The summed E-state index contributed by atoms with van der Waals surface area (Å²) in [4.78, 5) is 30.8. The van der Waals surface area contributed by atoms with Gasteiger partial charge in [0.15, 0.2) is 5.83 Å². The van der Waals surface area contributed by atoms with Crippen LogP contribution in [0.4, 0.5) is 15.9 Å². The van der Waals surface area contributed by atoms with Crippen LogP contribution in [0.15, 0.2) is 48.8 Å². The number of likely N-dealkylation sites (N-methyl/N-ethyl adjacent to an activating group) is 1. The second-order valence-electron chi connectivity index (χ2n) is 12.2. The van der Waals surface area contributed by atoms with Gasteiger partial charge in [-0.1, -0.05) is 36.9 Å². The molecule has 0 saturated carbocycles. The zero-order valence-corrected chi connectivity index (χ0v) is 25.6. The van der Waals surface area contributed by atoms with Gasteiger partial charge >= 0.3 is 6.01 Å². The normalized spacial score (nSPS) is 20.7. The summed E-state index contributed by atoms with van der Waals surface area (Å²) >= 11 is 0. The van der Waals surface area contributed by atoms with E-state index >= 15 is 0 Å². The second kappa shape index (κ2) is 12.8. The van der Waals surface area contributed by atoms with Crippen LogP contribution >= 0.6 is 0 Å². The molecule has 0 radical (unpaired) electrons. The molecule has 1 amide bonds. The van der Waals surface area contributed by atoms with E-state index in [1.54, 1.807) is 0 Å². The number of carbonyl (C=O) groups is 1. The van der Waals surface area contributed by atoms with Crippen molar-refractivity contribution in [2.75, 3.05) is 56.2 Å². The second-order valence-corrected chi connectivity index (χ2v) is 12.2. The van der Waals surface area contributed by atoms with Crippen LogP contribution in [-0.2, 0) is 17.8 Å². The first-order valence-corrected chi connectivity index (χ1v) is 15.6. The Kier molecular flexibility index (Phi) is 8.67. The van der Waals surface area contributed by atoms with Gasteiger partial charge in [-0.2, -0.15) is 15.2 Å². The Morgan fingerprint density at radius 3 is 2.66 bits per heavy atom. The zero-order valence-electron chi connectivity index (χ0n) is 25.6. The number of hydrogen-bond acceptors (Lipinski definition) is 8. The van der Waals surface area contributed by atoms with Gasteiger partial charge in [-0.3, -0.25) is 4.79 Å². The van der Waals surface area contributed by atoms with Crippen LogP contribution in [-0.4, -0.2) is 84.1 Å². The van der Waals surface area contributed by atoms with Crippen molar-refractivity contribution in [3.8, 4) is 12.1 Å². The number of carbonyl (C=O) groups excluding carboxylic acids is 1. The molecule has 6 rings (SSSR count).